The molecule has 2 aromatic rings. The maximum atomic E-state index is 6.17. The van der Waals surface area contributed by atoms with Crippen LogP contribution >= 0.6 is 15.9 Å². The fourth-order valence-corrected chi connectivity index (χ4v) is 3.62. The fourth-order valence-electron chi connectivity index (χ4n) is 3.24. The summed E-state index contributed by atoms with van der Waals surface area (Å²) in [6, 6.07) is 16.8. The van der Waals surface area contributed by atoms with Gasteiger partial charge in [0.05, 0.1) is 11.8 Å². The molecule has 0 spiro atoms. The van der Waals surface area contributed by atoms with E-state index in [-0.39, 0.29) is 6.04 Å². The predicted octanol–water partition coefficient (Wildman–Crippen LogP) is 4.73. The van der Waals surface area contributed by atoms with Gasteiger partial charge in [0.15, 0.2) is 5.72 Å². The molecular formula is C18H17BrN2O. The first-order valence-electron chi connectivity index (χ1n) is 7.45. The summed E-state index contributed by atoms with van der Waals surface area (Å²) in [5.74, 6) is 0.957. The van der Waals surface area contributed by atoms with E-state index in [0.717, 1.165) is 22.4 Å². The SMILES string of the molecule is CC1(C)Oc2ccc(Br)cc2C2CC(c3ccccc3)=NN21. The van der Waals surface area contributed by atoms with Gasteiger partial charge >= 0.3 is 0 Å². The van der Waals surface area contributed by atoms with Gasteiger partial charge in [-0.1, -0.05) is 46.3 Å². The Balaban J connectivity index is 1.79. The van der Waals surface area contributed by atoms with Crippen molar-refractivity contribution in [3.63, 3.8) is 0 Å². The second kappa shape index (κ2) is 4.85. The van der Waals surface area contributed by atoms with Crippen molar-refractivity contribution in [2.45, 2.75) is 32.0 Å². The molecule has 0 bridgehead atoms. The van der Waals surface area contributed by atoms with Crippen molar-refractivity contribution in [1.82, 2.24) is 5.01 Å². The van der Waals surface area contributed by atoms with Crippen LogP contribution in [0.1, 0.15) is 37.4 Å². The van der Waals surface area contributed by atoms with Crippen LogP contribution < -0.4 is 4.74 Å². The van der Waals surface area contributed by atoms with Crippen molar-refractivity contribution in [2.75, 3.05) is 0 Å². The lowest BCUT2D eigenvalue weighted by molar-refractivity contribution is -0.0911. The number of ether oxygens (including phenoxy) is 1. The van der Waals surface area contributed by atoms with Crippen molar-refractivity contribution in [3.8, 4) is 5.75 Å². The molecule has 1 unspecified atom stereocenters. The number of fused-ring (bicyclic) bond motifs is 3. The molecular weight excluding hydrogens is 340 g/mol. The zero-order valence-corrected chi connectivity index (χ0v) is 14.2. The van der Waals surface area contributed by atoms with Crippen LogP contribution in [-0.2, 0) is 0 Å². The Labute approximate surface area is 138 Å². The highest BCUT2D eigenvalue weighted by Gasteiger charge is 2.44. The van der Waals surface area contributed by atoms with E-state index in [2.05, 4.69) is 65.1 Å². The van der Waals surface area contributed by atoms with Crippen molar-refractivity contribution >= 4 is 21.6 Å². The van der Waals surface area contributed by atoms with Gasteiger partial charge in [-0.3, -0.25) is 0 Å². The van der Waals surface area contributed by atoms with Crippen LogP contribution in [0, 0.1) is 0 Å². The molecule has 2 aliphatic heterocycles. The minimum absolute atomic E-state index is 0.228. The second-order valence-corrected chi connectivity index (χ2v) is 7.12. The van der Waals surface area contributed by atoms with Crippen LogP contribution in [0.15, 0.2) is 58.1 Å². The molecule has 0 fully saturated rings. The third-order valence-corrected chi connectivity index (χ3v) is 4.75. The number of hydrogen-bond donors (Lipinski definition) is 0. The molecule has 0 amide bonds. The van der Waals surface area contributed by atoms with Gasteiger partial charge in [-0.15, -0.1) is 0 Å². The highest BCUT2D eigenvalue weighted by molar-refractivity contribution is 9.10. The largest absolute Gasteiger partial charge is 0.467 e. The van der Waals surface area contributed by atoms with Gasteiger partial charge in [0, 0.05) is 16.5 Å². The van der Waals surface area contributed by atoms with E-state index in [0.29, 0.717) is 0 Å². The van der Waals surface area contributed by atoms with Crippen molar-refractivity contribution in [1.29, 1.82) is 0 Å². The number of hydrogen-bond acceptors (Lipinski definition) is 3. The van der Waals surface area contributed by atoms with Gasteiger partial charge in [0.1, 0.15) is 5.75 Å². The molecule has 0 aliphatic carbocycles. The summed E-state index contributed by atoms with van der Waals surface area (Å²) in [4.78, 5) is 0. The molecule has 4 rings (SSSR count). The molecule has 0 aromatic heterocycles. The normalized spacial score (nSPS) is 21.7. The lowest BCUT2D eigenvalue weighted by Gasteiger charge is -2.43. The van der Waals surface area contributed by atoms with Gasteiger partial charge in [-0.2, -0.15) is 5.10 Å². The molecule has 0 radical (unpaired) electrons. The first-order valence-corrected chi connectivity index (χ1v) is 8.24. The summed E-state index contributed by atoms with van der Waals surface area (Å²) in [5.41, 5.74) is 3.06. The minimum Gasteiger partial charge on any atom is -0.467 e. The van der Waals surface area contributed by atoms with E-state index in [4.69, 9.17) is 9.84 Å². The molecule has 2 aromatic carbocycles. The summed E-state index contributed by atoms with van der Waals surface area (Å²) >= 11 is 3.56. The van der Waals surface area contributed by atoms with Gasteiger partial charge in [0.25, 0.3) is 0 Å². The first kappa shape index (κ1) is 13.8. The van der Waals surface area contributed by atoms with E-state index >= 15 is 0 Å². The smallest absolute Gasteiger partial charge is 0.192 e. The third kappa shape index (κ3) is 2.13. The molecule has 3 nitrogen and oxygen atoms in total. The van der Waals surface area contributed by atoms with E-state index in [9.17, 15) is 0 Å². The zero-order chi connectivity index (χ0) is 15.3. The molecule has 1 atom stereocenters. The third-order valence-electron chi connectivity index (χ3n) is 4.26. The fraction of sp³-hybridized carbons (Fsp3) is 0.278. The summed E-state index contributed by atoms with van der Waals surface area (Å²) in [7, 11) is 0. The summed E-state index contributed by atoms with van der Waals surface area (Å²) in [5, 5.41) is 6.97. The summed E-state index contributed by atoms with van der Waals surface area (Å²) < 4.78 is 7.24. The van der Waals surface area contributed by atoms with Gasteiger partial charge in [0.2, 0.25) is 0 Å². The lowest BCUT2D eigenvalue weighted by Crippen LogP contribution is -2.48. The number of halogens is 1. The molecule has 2 aliphatic rings. The first-order chi connectivity index (χ1) is 10.5. The number of nitrogens with zero attached hydrogens (tertiary/aromatic N) is 2. The Kier molecular flexibility index (Phi) is 3.05. The topological polar surface area (TPSA) is 24.8 Å². The van der Waals surface area contributed by atoms with Crippen LogP contribution in [0.2, 0.25) is 0 Å². The van der Waals surface area contributed by atoms with Crippen LogP contribution in [-0.4, -0.2) is 16.4 Å². The van der Waals surface area contributed by atoms with Crippen molar-refractivity contribution in [3.05, 3.63) is 64.1 Å². The monoisotopic (exact) mass is 356 g/mol. The van der Waals surface area contributed by atoms with Crippen LogP contribution in [0.5, 0.6) is 5.75 Å². The quantitative estimate of drug-likeness (QED) is 0.737. The summed E-state index contributed by atoms with van der Waals surface area (Å²) in [6.07, 6.45) is 0.903. The van der Waals surface area contributed by atoms with Gasteiger partial charge in [-0.05, 0) is 37.6 Å². The number of rotatable bonds is 1. The zero-order valence-electron chi connectivity index (χ0n) is 12.6. The van der Waals surface area contributed by atoms with Gasteiger partial charge < -0.3 is 4.74 Å². The van der Waals surface area contributed by atoms with Crippen molar-refractivity contribution in [2.24, 2.45) is 5.10 Å². The lowest BCUT2D eigenvalue weighted by atomic mass is 9.95. The maximum Gasteiger partial charge on any atom is 0.192 e. The van der Waals surface area contributed by atoms with E-state index in [1.54, 1.807) is 0 Å². The highest BCUT2D eigenvalue weighted by atomic mass is 79.9. The molecule has 0 N–H and O–H groups in total. The number of benzene rings is 2. The Morgan fingerprint density at radius 1 is 1.18 bits per heavy atom. The predicted molar refractivity (Wildman–Crippen MR) is 91.0 cm³/mol. The number of hydrazone groups is 1. The molecule has 0 saturated carbocycles. The minimum atomic E-state index is -0.442. The second-order valence-electron chi connectivity index (χ2n) is 6.21. The van der Waals surface area contributed by atoms with E-state index < -0.39 is 5.72 Å². The Morgan fingerprint density at radius 3 is 2.73 bits per heavy atom. The van der Waals surface area contributed by atoms with Crippen LogP contribution in [0.25, 0.3) is 0 Å². The molecule has 4 heteroatoms. The van der Waals surface area contributed by atoms with Gasteiger partial charge in [-0.25, -0.2) is 5.01 Å². The Bertz CT molecular complexity index is 755. The highest BCUT2D eigenvalue weighted by Crippen LogP contribution is 2.47. The average molecular weight is 357 g/mol. The molecule has 112 valence electrons. The van der Waals surface area contributed by atoms with Crippen molar-refractivity contribution < 1.29 is 4.74 Å². The molecule has 0 saturated heterocycles. The Morgan fingerprint density at radius 2 is 1.95 bits per heavy atom. The van der Waals surface area contributed by atoms with E-state index in [1.807, 2.05) is 18.2 Å². The van der Waals surface area contributed by atoms with Crippen LogP contribution in [0.4, 0.5) is 0 Å². The standard InChI is InChI=1S/C18H17BrN2O/c1-18(2)21-16(14-10-13(19)8-9-17(14)22-18)11-15(20-21)12-6-4-3-5-7-12/h3-10,16H,11H2,1-2H3. The van der Waals surface area contributed by atoms with Crippen LogP contribution in [0.3, 0.4) is 0 Å². The summed E-state index contributed by atoms with van der Waals surface area (Å²) in [6.45, 7) is 4.14. The maximum absolute atomic E-state index is 6.17. The Hall–Kier alpha value is -1.81. The molecule has 2 heterocycles. The average Bonchev–Trinajstić information content (AvgIpc) is 2.96. The van der Waals surface area contributed by atoms with E-state index in [1.165, 1.54) is 11.1 Å². The molecule has 22 heavy (non-hydrogen) atoms.